The number of benzene rings is 1. The van der Waals surface area contributed by atoms with Crippen LogP contribution in [-0.4, -0.2) is 81.7 Å². The molecule has 2 N–H and O–H groups in total. The predicted molar refractivity (Wildman–Crippen MR) is 131 cm³/mol. The van der Waals surface area contributed by atoms with Crippen LogP contribution in [0.4, 0.5) is 10.7 Å². The van der Waals surface area contributed by atoms with Crippen molar-refractivity contribution >= 4 is 27.9 Å². The fraction of sp³-hybridized carbons (Fsp3) is 0.500. The number of likely N-dealkylation sites (tertiary alicyclic amines) is 1. The first kappa shape index (κ1) is 22.7. The first-order chi connectivity index (χ1) is 15.5. The third-order valence-corrected chi connectivity index (χ3v) is 7.43. The van der Waals surface area contributed by atoms with Crippen molar-refractivity contribution in [1.82, 2.24) is 15.1 Å². The summed E-state index contributed by atoms with van der Waals surface area (Å²) in [4.78, 5) is 20.4. The molecule has 1 amide bonds. The Bertz CT molecular complexity index is 967. The van der Waals surface area contributed by atoms with Gasteiger partial charge in [-0.1, -0.05) is 6.07 Å². The summed E-state index contributed by atoms with van der Waals surface area (Å²) in [5, 5.41) is 16.9. The third-order valence-electron chi connectivity index (χ3n) is 6.40. The topological polar surface area (TPSA) is 74.6 Å². The number of piperazine rings is 1. The normalized spacial score (nSPS) is 18.5. The molecule has 0 radical (unpaired) electrons. The minimum absolute atomic E-state index is 0.0248. The zero-order chi connectivity index (χ0) is 22.5. The van der Waals surface area contributed by atoms with Crippen LogP contribution in [0.5, 0.6) is 0 Å². The minimum atomic E-state index is -0.0248. The van der Waals surface area contributed by atoms with Gasteiger partial charge in [0.05, 0.1) is 23.2 Å². The summed E-state index contributed by atoms with van der Waals surface area (Å²) in [6.07, 6.45) is 2.15. The second kappa shape index (κ2) is 10.5. The van der Waals surface area contributed by atoms with Gasteiger partial charge in [0, 0.05) is 48.3 Å². The van der Waals surface area contributed by atoms with Gasteiger partial charge in [-0.3, -0.25) is 4.79 Å². The molecule has 2 aliphatic rings. The highest BCUT2D eigenvalue weighted by atomic mass is 32.1. The van der Waals surface area contributed by atoms with E-state index in [0.717, 1.165) is 73.2 Å². The first-order valence-electron chi connectivity index (χ1n) is 11.3. The summed E-state index contributed by atoms with van der Waals surface area (Å²) < 4.78 is 0. The van der Waals surface area contributed by atoms with Crippen molar-refractivity contribution in [3.05, 3.63) is 35.9 Å². The molecule has 2 aromatic rings. The van der Waals surface area contributed by atoms with E-state index in [1.807, 2.05) is 24.3 Å². The number of rotatable bonds is 6. The van der Waals surface area contributed by atoms with E-state index in [1.165, 1.54) is 11.3 Å². The van der Waals surface area contributed by atoms with Crippen LogP contribution in [0.2, 0.25) is 0 Å². The summed E-state index contributed by atoms with van der Waals surface area (Å²) >= 11 is 1.51. The number of nitriles is 1. The average molecular weight is 453 g/mol. The quantitative estimate of drug-likeness (QED) is 0.702. The Morgan fingerprint density at radius 2 is 1.78 bits per heavy atom. The second-order valence-corrected chi connectivity index (χ2v) is 9.89. The van der Waals surface area contributed by atoms with Gasteiger partial charge in [-0.2, -0.15) is 5.26 Å². The van der Waals surface area contributed by atoms with Crippen molar-refractivity contribution in [1.29, 1.82) is 5.26 Å². The van der Waals surface area contributed by atoms with E-state index >= 15 is 0 Å². The molecule has 2 saturated heterocycles. The zero-order valence-electron chi connectivity index (χ0n) is 18.9. The summed E-state index contributed by atoms with van der Waals surface area (Å²) in [5.74, 6) is -0.0248. The Hall–Kier alpha value is -2.44. The molecule has 0 aliphatic carbocycles. The molecule has 0 unspecified atom stereocenters. The van der Waals surface area contributed by atoms with Crippen molar-refractivity contribution in [3.8, 4) is 16.5 Å². The molecule has 0 bridgehead atoms. The number of nitrogens with one attached hydrogen (secondary N) is 2. The van der Waals surface area contributed by atoms with Crippen LogP contribution < -0.4 is 15.5 Å². The molecule has 0 saturated carbocycles. The molecule has 2 fully saturated rings. The van der Waals surface area contributed by atoms with Crippen LogP contribution in [0.3, 0.4) is 0 Å². The van der Waals surface area contributed by atoms with Crippen molar-refractivity contribution in [3.63, 3.8) is 0 Å². The van der Waals surface area contributed by atoms with E-state index in [9.17, 15) is 10.1 Å². The number of carbonyl (C=O) groups excluding carboxylic acids is 1. The zero-order valence-corrected chi connectivity index (χ0v) is 19.7. The van der Waals surface area contributed by atoms with Gasteiger partial charge in [-0.25, -0.2) is 0 Å². The standard InChI is InChI=1S/C24H32N6OS/c1-28-9-7-19(8-10-28)26-17-23(31)27-24-6-5-22(32-24)21-4-3-20(15-18(21)16-25)30-13-11-29(2)12-14-30/h3-6,15,19,26H,7-14,17H2,1-2H3,(H,27,31). The number of hydrogen-bond donors (Lipinski definition) is 2. The fourth-order valence-corrected chi connectivity index (χ4v) is 5.24. The number of nitrogens with zero attached hydrogens (tertiary/aromatic N) is 4. The molecule has 170 valence electrons. The van der Waals surface area contributed by atoms with E-state index in [4.69, 9.17) is 0 Å². The lowest BCUT2D eigenvalue weighted by Crippen LogP contribution is -2.44. The molecule has 3 heterocycles. The van der Waals surface area contributed by atoms with E-state index in [1.54, 1.807) is 0 Å². The van der Waals surface area contributed by atoms with Crippen LogP contribution in [0, 0.1) is 11.3 Å². The van der Waals surface area contributed by atoms with Crippen LogP contribution in [0.1, 0.15) is 18.4 Å². The Morgan fingerprint density at radius 3 is 2.50 bits per heavy atom. The second-order valence-electron chi connectivity index (χ2n) is 8.80. The number of carbonyl (C=O) groups is 1. The average Bonchev–Trinajstić information content (AvgIpc) is 3.27. The highest BCUT2D eigenvalue weighted by Gasteiger charge is 2.18. The summed E-state index contributed by atoms with van der Waals surface area (Å²) in [5.41, 5.74) is 2.69. The lowest BCUT2D eigenvalue weighted by molar-refractivity contribution is -0.115. The largest absolute Gasteiger partial charge is 0.369 e. The molecule has 0 atom stereocenters. The number of anilines is 2. The Kier molecular flexibility index (Phi) is 7.43. The highest BCUT2D eigenvalue weighted by molar-refractivity contribution is 7.19. The Labute approximate surface area is 194 Å². The molecule has 8 heteroatoms. The van der Waals surface area contributed by atoms with Gasteiger partial charge in [0.15, 0.2) is 0 Å². The summed E-state index contributed by atoms with van der Waals surface area (Å²) in [7, 11) is 4.27. The molecular weight excluding hydrogens is 420 g/mol. The third kappa shape index (κ3) is 5.67. The van der Waals surface area contributed by atoms with Crippen LogP contribution in [0.25, 0.3) is 10.4 Å². The van der Waals surface area contributed by atoms with Crippen molar-refractivity contribution < 1.29 is 4.79 Å². The first-order valence-corrected chi connectivity index (χ1v) is 12.1. The van der Waals surface area contributed by atoms with E-state index < -0.39 is 0 Å². The lowest BCUT2D eigenvalue weighted by atomic mass is 10.1. The number of amides is 1. The van der Waals surface area contributed by atoms with Crippen LogP contribution in [-0.2, 0) is 4.79 Å². The van der Waals surface area contributed by atoms with Crippen molar-refractivity contribution in [2.75, 3.05) is 70.1 Å². The maximum atomic E-state index is 12.4. The Morgan fingerprint density at radius 1 is 1.06 bits per heavy atom. The maximum absolute atomic E-state index is 12.4. The monoisotopic (exact) mass is 452 g/mol. The van der Waals surface area contributed by atoms with Crippen molar-refractivity contribution in [2.24, 2.45) is 0 Å². The fourth-order valence-electron chi connectivity index (χ4n) is 4.28. The van der Waals surface area contributed by atoms with E-state index in [-0.39, 0.29) is 5.91 Å². The molecule has 1 aromatic carbocycles. The molecule has 4 rings (SSSR count). The predicted octanol–water partition coefficient (Wildman–Crippen LogP) is 2.66. The number of hydrogen-bond acceptors (Lipinski definition) is 7. The van der Waals surface area contributed by atoms with Crippen molar-refractivity contribution in [2.45, 2.75) is 18.9 Å². The minimum Gasteiger partial charge on any atom is -0.369 e. The highest BCUT2D eigenvalue weighted by Crippen LogP contribution is 2.35. The van der Waals surface area contributed by atoms with Crippen LogP contribution >= 0.6 is 11.3 Å². The van der Waals surface area contributed by atoms with Gasteiger partial charge < -0.3 is 25.3 Å². The molecule has 32 heavy (non-hydrogen) atoms. The van der Waals surface area contributed by atoms with E-state index in [2.05, 4.69) is 51.6 Å². The Balaban J connectivity index is 1.36. The summed E-state index contributed by atoms with van der Waals surface area (Å²) in [6.45, 7) is 6.48. The van der Waals surface area contributed by atoms with E-state index in [0.29, 0.717) is 18.2 Å². The molecule has 1 aromatic heterocycles. The number of thiophene rings is 1. The SMILES string of the molecule is CN1CCC(NCC(=O)Nc2ccc(-c3ccc(N4CCN(C)CC4)cc3C#N)s2)CC1. The number of piperidine rings is 1. The van der Waals surface area contributed by atoms with Crippen LogP contribution in [0.15, 0.2) is 30.3 Å². The van der Waals surface area contributed by atoms with Gasteiger partial charge in [-0.15, -0.1) is 11.3 Å². The smallest absolute Gasteiger partial charge is 0.238 e. The van der Waals surface area contributed by atoms with Gasteiger partial charge >= 0.3 is 0 Å². The van der Waals surface area contributed by atoms with Gasteiger partial charge in [0.2, 0.25) is 5.91 Å². The summed E-state index contributed by atoms with van der Waals surface area (Å²) in [6, 6.07) is 12.8. The molecule has 2 aliphatic heterocycles. The molecule has 7 nitrogen and oxygen atoms in total. The lowest BCUT2D eigenvalue weighted by Gasteiger charge is -2.34. The molecule has 0 spiro atoms. The number of likely N-dealkylation sites (N-methyl/N-ethyl adjacent to an activating group) is 1. The van der Waals surface area contributed by atoms with Gasteiger partial charge in [-0.05, 0) is 64.3 Å². The van der Waals surface area contributed by atoms with Gasteiger partial charge in [0.25, 0.3) is 0 Å². The maximum Gasteiger partial charge on any atom is 0.238 e. The molecular formula is C24H32N6OS. The van der Waals surface area contributed by atoms with Gasteiger partial charge in [0.1, 0.15) is 0 Å².